The first-order chi connectivity index (χ1) is 16.3. The predicted octanol–water partition coefficient (Wildman–Crippen LogP) is 5.02. The molecule has 0 aromatic heterocycles. The number of rotatable bonds is 2. The third kappa shape index (κ3) is 3.26. The molecule has 0 unspecified atom stereocenters. The van der Waals surface area contributed by atoms with E-state index in [2.05, 4.69) is 0 Å². The van der Waals surface area contributed by atoms with Crippen molar-refractivity contribution in [3.05, 3.63) is 23.8 Å². The highest BCUT2D eigenvalue weighted by Crippen LogP contribution is 2.72. The number of alkyl halides is 3. The molecule has 4 aliphatic carbocycles. The minimum absolute atomic E-state index is 0.0435. The van der Waals surface area contributed by atoms with Crippen molar-refractivity contribution in [2.24, 2.45) is 22.7 Å². The van der Waals surface area contributed by atoms with Crippen molar-refractivity contribution < 1.29 is 37.3 Å². The zero-order valence-corrected chi connectivity index (χ0v) is 21.9. The Morgan fingerprint density at radius 3 is 2.49 bits per heavy atom. The minimum Gasteiger partial charge on any atom is -0.390 e. The third-order valence-corrected chi connectivity index (χ3v) is 9.78. The third-order valence-electron chi connectivity index (χ3n) is 9.11. The van der Waals surface area contributed by atoms with Gasteiger partial charge in [-0.2, -0.15) is 0 Å². The number of halogens is 3. The van der Waals surface area contributed by atoms with E-state index in [4.69, 9.17) is 9.47 Å². The molecule has 5 aliphatic rings. The molecule has 5 rings (SSSR count). The van der Waals surface area contributed by atoms with Gasteiger partial charge in [-0.1, -0.05) is 38.6 Å². The normalized spacial score (nSPS) is 49.1. The number of aliphatic hydroxyl groups excluding tert-OH is 1. The highest BCUT2D eigenvalue weighted by molar-refractivity contribution is 8.13. The molecule has 35 heavy (non-hydrogen) atoms. The Morgan fingerprint density at radius 2 is 1.86 bits per heavy atom. The van der Waals surface area contributed by atoms with Gasteiger partial charge in [0.1, 0.15) is 12.2 Å². The van der Waals surface area contributed by atoms with E-state index in [1.807, 2.05) is 13.8 Å². The van der Waals surface area contributed by atoms with E-state index in [9.17, 15) is 19.1 Å². The zero-order chi connectivity index (χ0) is 26.2. The number of ketones is 1. The van der Waals surface area contributed by atoms with Crippen molar-refractivity contribution in [3.8, 4) is 0 Å². The van der Waals surface area contributed by atoms with Crippen molar-refractivity contribution in [2.45, 2.75) is 96.2 Å². The SMILES string of the molecule is CC.CC1(C)O[C@@H]2C[C@H]3[C@@H]4C[C@H](F)C5=CC(=O)C=C[C@]5(C)[C@@]4(F)[C@@H](O)C[C@]3(C)[C@]2(C(=O)SCF)O1. The van der Waals surface area contributed by atoms with Crippen molar-refractivity contribution in [1.82, 2.24) is 0 Å². The summed E-state index contributed by atoms with van der Waals surface area (Å²) >= 11 is 0.481. The van der Waals surface area contributed by atoms with Gasteiger partial charge >= 0.3 is 0 Å². The summed E-state index contributed by atoms with van der Waals surface area (Å²) in [5.74, 6) is -3.04. The van der Waals surface area contributed by atoms with Crippen LogP contribution in [0.4, 0.5) is 13.2 Å². The Morgan fingerprint density at radius 1 is 1.20 bits per heavy atom. The molecule has 0 aromatic carbocycles. The van der Waals surface area contributed by atoms with Crippen LogP contribution in [0, 0.1) is 22.7 Å². The Labute approximate surface area is 208 Å². The number of carbonyl (C=O) groups excluding carboxylic acids is 2. The van der Waals surface area contributed by atoms with Crippen molar-refractivity contribution >= 4 is 22.7 Å². The highest BCUT2D eigenvalue weighted by atomic mass is 32.2. The molecule has 1 heterocycles. The molecule has 0 spiro atoms. The van der Waals surface area contributed by atoms with Gasteiger partial charge in [0.05, 0.1) is 12.2 Å². The summed E-state index contributed by atoms with van der Waals surface area (Å²) in [7, 11) is 0. The maximum atomic E-state index is 17.2. The molecule has 1 N–H and O–H groups in total. The summed E-state index contributed by atoms with van der Waals surface area (Å²) in [6.07, 6.45) is -0.298. The summed E-state index contributed by atoms with van der Waals surface area (Å²) in [6.45, 7) is 10.6. The van der Waals surface area contributed by atoms with Crippen LogP contribution in [0.15, 0.2) is 23.8 Å². The van der Waals surface area contributed by atoms with E-state index < -0.39 is 75.0 Å². The lowest BCUT2D eigenvalue weighted by atomic mass is 9.44. The Hall–Kier alpha value is -1.16. The lowest BCUT2D eigenvalue weighted by molar-refractivity contribution is -0.246. The predicted molar refractivity (Wildman–Crippen MR) is 127 cm³/mol. The van der Waals surface area contributed by atoms with Crippen LogP contribution in [-0.4, -0.2) is 57.4 Å². The van der Waals surface area contributed by atoms with Gasteiger partial charge in [0.25, 0.3) is 0 Å². The van der Waals surface area contributed by atoms with Gasteiger partial charge < -0.3 is 14.6 Å². The monoisotopic (exact) mass is 516 g/mol. The molecule has 3 saturated carbocycles. The molecule has 0 amide bonds. The quantitative estimate of drug-likeness (QED) is 0.556. The van der Waals surface area contributed by atoms with Gasteiger partial charge in [0.2, 0.25) is 5.12 Å². The maximum absolute atomic E-state index is 17.2. The fourth-order valence-corrected chi connectivity index (χ4v) is 8.53. The molecule has 4 fully saturated rings. The second kappa shape index (κ2) is 8.43. The number of carbonyl (C=O) groups is 2. The Bertz CT molecular complexity index is 984. The average molecular weight is 517 g/mol. The molecular formula is C26H35F3O5S. The lowest BCUT2D eigenvalue weighted by Crippen LogP contribution is -2.70. The van der Waals surface area contributed by atoms with E-state index in [-0.39, 0.29) is 24.8 Å². The maximum Gasteiger partial charge on any atom is 0.226 e. The molecular weight excluding hydrogens is 481 g/mol. The van der Waals surface area contributed by atoms with Gasteiger partial charge in [-0.05, 0) is 63.7 Å². The number of hydrogen-bond acceptors (Lipinski definition) is 6. The standard InChI is InChI=1S/C24H29F3O5S.C2H6/c1-20(2)31-18-9-13-14-8-16(26)15-7-12(28)5-6-21(15,3)23(14,27)17(29)10-22(13,4)24(18,32-20)19(30)33-11-25;1-2/h5-7,13-14,16-18,29H,8-11H2,1-4H3;1-2H3/t13-,14-,16-,17-,18+,21-,22-,23-,24-;/m0./s1. The lowest BCUT2D eigenvalue weighted by Gasteiger charge is -2.63. The number of hydrogen-bond donors (Lipinski definition) is 1. The van der Waals surface area contributed by atoms with E-state index in [1.165, 1.54) is 19.1 Å². The highest BCUT2D eigenvalue weighted by Gasteiger charge is 2.80. The summed E-state index contributed by atoms with van der Waals surface area (Å²) in [5, 5.41) is 10.8. The van der Waals surface area contributed by atoms with E-state index in [0.29, 0.717) is 11.8 Å². The number of aliphatic hydroxyl groups is 1. The van der Waals surface area contributed by atoms with Crippen LogP contribution in [-0.2, 0) is 19.1 Å². The van der Waals surface area contributed by atoms with Gasteiger partial charge in [-0.3, -0.25) is 9.59 Å². The van der Waals surface area contributed by atoms with Gasteiger partial charge in [-0.25, -0.2) is 13.2 Å². The number of thioether (sulfide) groups is 1. The Kier molecular flexibility index (Phi) is 6.48. The van der Waals surface area contributed by atoms with Crippen LogP contribution in [0.5, 0.6) is 0 Å². The minimum atomic E-state index is -2.26. The molecule has 0 radical (unpaired) electrons. The fourth-order valence-electron chi connectivity index (χ4n) is 7.81. The number of ether oxygens (including phenoxy) is 2. The molecule has 196 valence electrons. The number of allylic oxidation sites excluding steroid dienone is 4. The second-order valence-corrected chi connectivity index (χ2v) is 11.9. The van der Waals surface area contributed by atoms with Crippen LogP contribution in [0.25, 0.3) is 0 Å². The fraction of sp³-hybridized carbons (Fsp3) is 0.769. The van der Waals surface area contributed by atoms with Crippen LogP contribution in [0.1, 0.15) is 60.8 Å². The van der Waals surface area contributed by atoms with Gasteiger partial charge in [-0.15, -0.1) is 0 Å². The molecule has 1 saturated heterocycles. The van der Waals surface area contributed by atoms with Crippen LogP contribution in [0.3, 0.4) is 0 Å². The van der Waals surface area contributed by atoms with E-state index in [1.54, 1.807) is 20.8 Å². The molecule has 9 atom stereocenters. The molecule has 9 heteroatoms. The smallest absolute Gasteiger partial charge is 0.226 e. The first kappa shape index (κ1) is 26.9. The average Bonchev–Trinajstić information content (AvgIpc) is 3.20. The van der Waals surface area contributed by atoms with E-state index in [0.717, 1.165) is 6.08 Å². The van der Waals surface area contributed by atoms with Gasteiger partial charge in [0.15, 0.2) is 22.8 Å². The largest absolute Gasteiger partial charge is 0.390 e. The molecule has 5 nitrogen and oxygen atoms in total. The summed E-state index contributed by atoms with van der Waals surface area (Å²) < 4.78 is 58.2. The summed E-state index contributed by atoms with van der Waals surface area (Å²) in [4.78, 5) is 25.3. The second-order valence-electron chi connectivity index (χ2n) is 11.0. The Balaban J connectivity index is 0.00000141. The molecule has 0 bridgehead atoms. The first-order valence-electron chi connectivity index (χ1n) is 12.3. The van der Waals surface area contributed by atoms with E-state index >= 15 is 8.78 Å². The van der Waals surface area contributed by atoms with Crippen LogP contribution < -0.4 is 0 Å². The first-order valence-corrected chi connectivity index (χ1v) is 13.3. The topological polar surface area (TPSA) is 72.8 Å². The molecule has 1 aliphatic heterocycles. The van der Waals surface area contributed by atoms with Crippen LogP contribution >= 0.6 is 11.8 Å². The summed E-state index contributed by atoms with van der Waals surface area (Å²) in [6, 6.07) is -0.950. The van der Waals surface area contributed by atoms with Crippen molar-refractivity contribution in [3.63, 3.8) is 0 Å². The van der Waals surface area contributed by atoms with Crippen molar-refractivity contribution in [2.75, 3.05) is 6.01 Å². The van der Waals surface area contributed by atoms with Crippen molar-refractivity contribution in [1.29, 1.82) is 0 Å². The summed E-state index contributed by atoms with van der Waals surface area (Å²) in [5.41, 5.74) is -6.40. The van der Waals surface area contributed by atoms with Crippen LogP contribution in [0.2, 0.25) is 0 Å². The zero-order valence-electron chi connectivity index (χ0n) is 21.1. The van der Waals surface area contributed by atoms with Gasteiger partial charge in [0, 0.05) is 16.7 Å². The molecule has 0 aromatic rings. The number of fused-ring (bicyclic) bond motifs is 7.